The van der Waals surface area contributed by atoms with Gasteiger partial charge in [0.2, 0.25) is 0 Å². The van der Waals surface area contributed by atoms with Crippen molar-refractivity contribution in [1.82, 2.24) is 9.55 Å². The van der Waals surface area contributed by atoms with Crippen LogP contribution in [0.25, 0.3) is 5.70 Å². The monoisotopic (exact) mass is 415 g/mol. The maximum Gasteiger partial charge on any atom is 0.329 e. The van der Waals surface area contributed by atoms with Crippen LogP contribution >= 0.6 is 0 Å². The van der Waals surface area contributed by atoms with Crippen LogP contribution < -0.4 is 16.6 Å². The minimum atomic E-state index is -0.578. The van der Waals surface area contributed by atoms with Gasteiger partial charge in [-0.05, 0) is 12.0 Å². The van der Waals surface area contributed by atoms with Gasteiger partial charge in [0.15, 0.2) is 5.78 Å². The highest BCUT2D eigenvalue weighted by atomic mass is 16.5. The molecule has 156 valence electrons. The maximum atomic E-state index is 13.4. The van der Waals surface area contributed by atoms with Gasteiger partial charge < -0.3 is 10.1 Å². The number of fused-ring (bicyclic) bond motifs is 3. The third kappa shape index (κ3) is 2.97. The fourth-order valence-electron chi connectivity index (χ4n) is 4.52. The van der Waals surface area contributed by atoms with E-state index in [0.29, 0.717) is 47.8 Å². The molecular formula is C24H21N3O4. The zero-order chi connectivity index (χ0) is 21.5. The van der Waals surface area contributed by atoms with E-state index < -0.39 is 17.2 Å². The molecule has 7 nitrogen and oxygen atoms in total. The molecule has 0 fully saturated rings. The highest BCUT2D eigenvalue weighted by molar-refractivity contribution is 6.23. The topological polar surface area (TPSA) is 93.2 Å². The second kappa shape index (κ2) is 7.52. The molecule has 5 rings (SSSR count). The van der Waals surface area contributed by atoms with Gasteiger partial charge in [0.25, 0.3) is 5.56 Å². The van der Waals surface area contributed by atoms with E-state index in [0.717, 1.165) is 11.1 Å². The molecule has 3 aromatic rings. The first-order valence-electron chi connectivity index (χ1n) is 10.2. The Bertz CT molecular complexity index is 1330. The molecule has 1 aliphatic heterocycles. The van der Waals surface area contributed by atoms with Crippen LogP contribution in [0.5, 0.6) is 0 Å². The summed E-state index contributed by atoms with van der Waals surface area (Å²) in [5.41, 5.74) is 2.80. The number of rotatable bonds is 5. The van der Waals surface area contributed by atoms with Gasteiger partial charge in [-0.2, -0.15) is 0 Å². The van der Waals surface area contributed by atoms with E-state index in [9.17, 15) is 14.4 Å². The molecule has 0 saturated heterocycles. The second-order valence-electron chi connectivity index (χ2n) is 7.65. The molecule has 0 spiro atoms. The van der Waals surface area contributed by atoms with Crippen LogP contribution in [0.15, 0.2) is 69.8 Å². The van der Waals surface area contributed by atoms with E-state index >= 15 is 0 Å². The number of methoxy groups -OCH3 is 1. The number of nitrogens with one attached hydrogen (secondary N) is 2. The van der Waals surface area contributed by atoms with E-state index in [2.05, 4.69) is 10.3 Å². The molecule has 0 bridgehead atoms. The van der Waals surface area contributed by atoms with Gasteiger partial charge in [-0.1, -0.05) is 54.6 Å². The maximum absolute atomic E-state index is 13.4. The Hall–Kier alpha value is -3.71. The second-order valence-corrected chi connectivity index (χ2v) is 7.65. The summed E-state index contributed by atoms with van der Waals surface area (Å²) in [5.74, 6) is -0.249. The number of H-pyrrole nitrogens is 1. The molecule has 2 aromatic carbocycles. The summed E-state index contributed by atoms with van der Waals surface area (Å²) in [6, 6.07) is 16.8. The average molecular weight is 415 g/mol. The zero-order valence-corrected chi connectivity index (χ0v) is 17.0. The summed E-state index contributed by atoms with van der Waals surface area (Å²) in [5, 5.41) is 3.28. The molecule has 1 aliphatic carbocycles. The lowest BCUT2D eigenvalue weighted by atomic mass is 9.81. The van der Waals surface area contributed by atoms with Crippen molar-refractivity contribution in [2.24, 2.45) is 0 Å². The van der Waals surface area contributed by atoms with Crippen LogP contribution in [0.2, 0.25) is 0 Å². The van der Waals surface area contributed by atoms with Gasteiger partial charge in [-0.25, -0.2) is 4.79 Å². The summed E-state index contributed by atoms with van der Waals surface area (Å²) in [6.07, 6.45) is 0.605. The summed E-state index contributed by atoms with van der Waals surface area (Å²) in [7, 11) is 1.60. The highest BCUT2D eigenvalue weighted by Crippen LogP contribution is 2.47. The largest absolute Gasteiger partial charge is 0.385 e. The van der Waals surface area contributed by atoms with E-state index in [1.54, 1.807) is 13.2 Å². The number of aromatic amines is 1. The Balaban J connectivity index is 1.78. The molecular weight excluding hydrogens is 394 g/mol. The van der Waals surface area contributed by atoms with Crippen molar-refractivity contribution in [3.63, 3.8) is 0 Å². The van der Waals surface area contributed by atoms with Crippen LogP contribution in [-0.4, -0.2) is 29.1 Å². The number of carbonyl (C=O) groups is 1. The molecule has 1 aromatic heterocycles. The molecule has 7 heteroatoms. The number of Topliss-reactive ketones (excluding diaryl/α,β-unsaturated/α-hetero) is 1. The lowest BCUT2D eigenvalue weighted by molar-refractivity contribution is 0.103. The van der Waals surface area contributed by atoms with Crippen molar-refractivity contribution in [2.45, 2.75) is 18.9 Å². The highest BCUT2D eigenvalue weighted by Gasteiger charge is 2.42. The van der Waals surface area contributed by atoms with Crippen molar-refractivity contribution in [3.8, 4) is 0 Å². The number of hydrogen-bond donors (Lipinski definition) is 2. The Morgan fingerprint density at radius 2 is 1.68 bits per heavy atom. The van der Waals surface area contributed by atoms with E-state index in [-0.39, 0.29) is 5.78 Å². The van der Waals surface area contributed by atoms with Crippen molar-refractivity contribution < 1.29 is 9.53 Å². The number of nitrogens with zero attached hydrogens (tertiary/aromatic N) is 1. The van der Waals surface area contributed by atoms with Gasteiger partial charge >= 0.3 is 5.69 Å². The molecule has 0 saturated carbocycles. The van der Waals surface area contributed by atoms with Crippen molar-refractivity contribution in [3.05, 3.63) is 103 Å². The van der Waals surface area contributed by atoms with Gasteiger partial charge in [0, 0.05) is 42.9 Å². The fraction of sp³-hybridized carbons (Fsp3) is 0.208. The third-order valence-corrected chi connectivity index (χ3v) is 5.87. The van der Waals surface area contributed by atoms with E-state index in [1.165, 1.54) is 4.57 Å². The van der Waals surface area contributed by atoms with Crippen LogP contribution in [0.3, 0.4) is 0 Å². The Morgan fingerprint density at radius 3 is 2.42 bits per heavy atom. The van der Waals surface area contributed by atoms with Gasteiger partial charge in [-0.15, -0.1) is 0 Å². The Morgan fingerprint density at radius 1 is 0.968 bits per heavy atom. The number of hydrogen-bond acceptors (Lipinski definition) is 5. The quantitative estimate of drug-likeness (QED) is 0.625. The Kier molecular flexibility index (Phi) is 4.67. The van der Waals surface area contributed by atoms with Gasteiger partial charge in [0.05, 0.1) is 11.3 Å². The van der Waals surface area contributed by atoms with E-state index in [1.807, 2.05) is 48.5 Å². The average Bonchev–Trinajstić information content (AvgIpc) is 3.07. The smallest absolute Gasteiger partial charge is 0.329 e. The predicted molar refractivity (Wildman–Crippen MR) is 117 cm³/mol. The molecule has 0 amide bonds. The minimum Gasteiger partial charge on any atom is -0.385 e. The number of aromatic nitrogens is 2. The molecule has 2 heterocycles. The number of ether oxygens (including phenoxy) is 1. The van der Waals surface area contributed by atoms with Crippen molar-refractivity contribution in [1.29, 1.82) is 0 Å². The SMILES string of the molecule is COCCCn1c2c(c(=O)[nH]c1=O)[C@@H](c1ccccc1)C1=C(N2)c2ccccc2C1=O. The number of ketones is 1. The predicted octanol–water partition coefficient (Wildman–Crippen LogP) is 2.74. The van der Waals surface area contributed by atoms with Crippen molar-refractivity contribution >= 4 is 17.3 Å². The number of allylic oxidation sites excluding steroid dienone is 1. The first-order valence-corrected chi connectivity index (χ1v) is 10.2. The molecule has 2 N–H and O–H groups in total. The molecule has 0 radical (unpaired) electrons. The van der Waals surface area contributed by atoms with E-state index in [4.69, 9.17) is 4.74 Å². The standard InChI is InChI=1S/C24H21N3O4/c1-31-13-7-12-27-22-19(23(29)26-24(27)30)17(14-8-3-2-4-9-14)18-20(25-22)15-10-5-6-11-16(15)21(18)28/h2-6,8-11,17,25H,7,12-13H2,1H3,(H,26,29,30)/t17-/m0/s1. The van der Waals surface area contributed by atoms with Crippen LogP contribution in [0.4, 0.5) is 5.82 Å². The van der Waals surface area contributed by atoms with Crippen LogP contribution in [-0.2, 0) is 11.3 Å². The number of anilines is 1. The third-order valence-electron chi connectivity index (χ3n) is 5.87. The normalized spacial score (nSPS) is 16.5. The zero-order valence-electron chi connectivity index (χ0n) is 17.0. The summed E-state index contributed by atoms with van der Waals surface area (Å²) in [4.78, 5) is 41.6. The first-order chi connectivity index (χ1) is 15.1. The number of benzene rings is 2. The Labute approximate surface area is 178 Å². The van der Waals surface area contributed by atoms with Gasteiger partial charge in [-0.3, -0.25) is 19.1 Å². The van der Waals surface area contributed by atoms with Crippen molar-refractivity contribution in [2.75, 3.05) is 19.0 Å². The lowest BCUT2D eigenvalue weighted by Gasteiger charge is -2.29. The fourth-order valence-corrected chi connectivity index (χ4v) is 4.52. The summed E-state index contributed by atoms with van der Waals surface area (Å²) >= 11 is 0. The summed E-state index contributed by atoms with van der Waals surface area (Å²) < 4.78 is 6.66. The first kappa shape index (κ1) is 19.3. The minimum absolute atomic E-state index is 0.103. The van der Waals surface area contributed by atoms with Crippen LogP contribution in [0.1, 0.15) is 39.4 Å². The number of carbonyl (C=O) groups excluding carboxylic acids is 1. The molecule has 2 aliphatic rings. The molecule has 31 heavy (non-hydrogen) atoms. The molecule has 1 atom stereocenters. The molecule has 0 unspecified atom stereocenters. The van der Waals surface area contributed by atoms with Gasteiger partial charge in [0.1, 0.15) is 5.82 Å². The summed E-state index contributed by atoms with van der Waals surface area (Å²) in [6.45, 7) is 0.857. The lowest BCUT2D eigenvalue weighted by Crippen LogP contribution is -2.38. The van der Waals surface area contributed by atoms with Crippen LogP contribution in [0, 0.1) is 0 Å².